The largest absolute Gasteiger partial charge is 0.384 e. The molecule has 0 amide bonds. The van der Waals surface area contributed by atoms with E-state index in [1.165, 1.54) is 11.1 Å². The second kappa shape index (κ2) is 5.74. The zero-order chi connectivity index (χ0) is 12.1. The fourth-order valence-electron chi connectivity index (χ4n) is 1.81. The number of halogens is 1. The average molecular weight is 246 g/mol. The molecule has 0 aliphatic carbocycles. The lowest BCUT2D eigenvalue weighted by Crippen LogP contribution is -2.05. The third-order valence-corrected chi connectivity index (χ3v) is 3.00. The van der Waals surface area contributed by atoms with E-state index in [2.05, 4.69) is 36.5 Å². The van der Waals surface area contributed by atoms with Gasteiger partial charge in [-0.2, -0.15) is 0 Å². The number of benzene rings is 2. The van der Waals surface area contributed by atoms with Crippen molar-refractivity contribution in [2.75, 3.05) is 11.9 Å². The summed E-state index contributed by atoms with van der Waals surface area (Å²) in [6.07, 6.45) is 1.03. The lowest BCUT2D eigenvalue weighted by Gasteiger charge is -2.09. The minimum atomic E-state index is 0.788. The molecule has 2 rings (SSSR count). The molecule has 0 aromatic heterocycles. The van der Waals surface area contributed by atoms with Crippen LogP contribution in [0.15, 0.2) is 48.5 Å². The third-order valence-electron chi connectivity index (χ3n) is 2.76. The first-order chi connectivity index (χ1) is 8.25. The molecule has 0 unspecified atom stereocenters. The van der Waals surface area contributed by atoms with Crippen LogP contribution < -0.4 is 5.32 Å². The molecule has 0 aliphatic heterocycles. The van der Waals surface area contributed by atoms with Gasteiger partial charge in [-0.1, -0.05) is 41.9 Å². The van der Waals surface area contributed by atoms with Crippen LogP contribution in [0.3, 0.4) is 0 Å². The molecule has 0 aliphatic rings. The van der Waals surface area contributed by atoms with E-state index in [0.717, 1.165) is 23.7 Å². The number of anilines is 1. The van der Waals surface area contributed by atoms with E-state index in [4.69, 9.17) is 11.6 Å². The van der Waals surface area contributed by atoms with E-state index in [9.17, 15) is 0 Å². The predicted molar refractivity (Wildman–Crippen MR) is 74.8 cm³/mol. The molecule has 1 N–H and O–H groups in total. The van der Waals surface area contributed by atoms with E-state index in [-0.39, 0.29) is 0 Å². The van der Waals surface area contributed by atoms with Gasteiger partial charge in [0.25, 0.3) is 0 Å². The van der Waals surface area contributed by atoms with Gasteiger partial charge in [-0.3, -0.25) is 0 Å². The van der Waals surface area contributed by atoms with Crippen LogP contribution in [-0.2, 0) is 6.42 Å². The Morgan fingerprint density at radius 2 is 1.82 bits per heavy atom. The van der Waals surface area contributed by atoms with Crippen molar-refractivity contribution in [1.29, 1.82) is 0 Å². The lowest BCUT2D eigenvalue weighted by molar-refractivity contribution is 1.02. The van der Waals surface area contributed by atoms with Crippen molar-refractivity contribution < 1.29 is 0 Å². The van der Waals surface area contributed by atoms with Crippen LogP contribution in [0.5, 0.6) is 0 Å². The molecule has 0 saturated heterocycles. The highest BCUT2D eigenvalue weighted by molar-refractivity contribution is 6.30. The fourth-order valence-corrected chi connectivity index (χ4v) is 2.04. The number of hydrogen-bond acceptors (Lipinski definition) is 1. The summed E-state index contributed by atoms with van der Waals surface area (Å²) in [6.45, 7) is 3.00. The summed E-state index contributed by atoms with van der Waals surface area (Å²) >= 11 is 5.92. The number of hydrogen-bond donors (Lipinski definition) is 1. The summed E-state index contributed by atoms with van der Waals surface area (Å²) in [5.74, 6) is 0. The van der Waals surface area contributed by atoms with Crippen LogP contribution in [-0.4, -0.2) is 6.54 Å². The molecule has 0 atom stereocenters. The first-order valence-corrected chi connectivity index (χ1v) is 6.17. The maximum Gasteiger partial charge on any atom is 0.0410 e. The zero-order valence-electron chi connectivity index (χ0n) is 9.91. The van der Waals surface area contributed by atoms with E-state index < -0.39 is 0 Å². The van der Waals surface area contributed by atoms with Crippen molar-refractivity contribution in [2.24, 2.45) is 0 Å². The van der Waals surface area contributed by atoms with Gasteiger partial charge < -0.3 is 5.32 Å². The summed E-state index contributed by atoms with van der Waals surface area (Å²) < 4.78 is 0. The molecule has 1 nitrogen and oxygen atoms in total. The molecule has 0 saturated carbocycles. The second-order valence-corrected chi connectivity index (χ2v) is 4.56. The smallest absolute Gasteiger partial charge is 0.0410 e. The van der Waals surface area contributed by atoms with Crippen molar-refractivity contribution >= 4 is 17.3 Å². The monoisotopic (exact) mass is 245 g/mol. The SMILES string of the molecule is Cc1cc(Cl)ccc1NCCc1ccccc1. The summed E-state index contributed by atoms with van der Waals surface area (Å²) in [7, 11) is 0. The Morgan fingerprint density at radius 3 is 2.53 bits per heavy atom. The molecule has 17 heavy (non-hydrogen) atoms. The maximum absolute atomic E-state index is 5.92. The van der Waals surface area contributed by atoms with Crippen LogP contribution in [0.4, 0.5) is 5.69 Å². The predicted octanol–water partition coefficient (Wildman–Crippen LogP) is 4.30. The van der Waals surface area contributed by atoms with Crippen LogP contribution in [0, 0.1) is 6.92 Å². The van der Waals surface area contributed by atoms with E-state index in [1.807, 2.05) is 24.3 Å². The van der Waals surface area contributed by atoms with Gasteiger partial charge in [-0.25, -0.2) is 0 Å². The first-order valence-electron chi connectivity index (χ1n) is 5.79. The van der Waals surface area contributed by atoms with Crippen molar-refractivity contribution in [3.8, 4) is 0 Å². The average Bonchev–Trinajstić information content (AvgIpc) is 2.33. The highest BCUT2D eigenvalue weighted by Crippen LogP contribution is 2.19. The van der Waals surface area contributed by atoms with Gasteiger partial charge in [0, 0.05) is 17.3 Å². The Labute approximate surface area is 107 Å². The molecule has 2 aromatic rings. The van der Waals surface area contributed by atoms with E-state index in [1.54, 1.807) is 0 Å². The Bertz CT molecular complexity index is 480. The Morgan fingerprint density at radius 1 is 1.06 bits per heavy atom. The number of rotatable bonds is 4. The topological polar surface area (TPSA) is 12.0 Å². The van der Waals surface area contributed by atoms with Gasteiger partial charge in [-0.05, 0) is 42.7 Å². The van der Waals surface area contributed by atoms with Crippen LogP contribution in [0.2, 0.25) is 5.02 Å². The molecule has 0 spiro atoms. The normalized spacial score (nSPS) is 10.2. The maximum atomic E-state index is 5.92. The van der Waals surface area contributed by atoms with Crippen molar-refractivity contribution in [1.82, 2.24) is 0 Å². The third kappa shape index (κ3) is 3.50. The standard InChI is InChI=1S/C15H16ClN/c1-12-11-14(16)7-8-15(12)17-10-9-13-5-3-2-4-6-13/h2-8,11,17H,9-10H2,1H3. The van der Waals surface area contributed by atoms with Gasteiger partial charge in [0.05, 0.1) is 0 Å². The second-order valence-electron chi connectivity index (χ2n) is 4.12. The fraction of sp³-hybridized carbons (Fsp3) is 0.200. The van der Waals surface area contributed by atoms with Gasteiger partial charge in [-0.15, -0.1) is 0 Å². The number of nitrogens with one attached hydrogen (secondary N) is 1. The minimum absolute atomic E-state index is 0.788. The van der Waals surface area contributed by atoms with E-state index in [0.29, 0.717) is 0 Å². The van der Waals surface area contributed by atoms with Crippen molar-refractivity contribution in [3.05, 3.63) is 64.7 Å². The van der Waals surface area contributed by atoms with Crippen molar-refractivity contribution in [2.45, 2.75) is 13.3 Å². The molecule has 0 heterocycles. The van der Waals surface area contributed by atoms with Crippen molar-refractivity contribution in [3.63, 3.8) is 0 Å². The van der Waals surface area contributed by atoms with E-state index >= 15 is 0 Å². The summed E-state index contributed by atoms with van der Waals surface area (Å²) in [5, 5.41) is 4.22. The molecule has 2 aromatic carbocycles. The summed E-state index contributed by atoms with van der Waals surface area (Å²) in [6, 6.07) is 16.4. The van der Waals surface area contributed by atoms with Crippen LogP contribution in [0.25, 0.3) is 0 Å². The van der Waals surface area contributed by atoms with Gasteiger partial charge in [0.1, 0.15) is 0 Å². The molecule has 2 heteroatoms. The number of aryl methyl sites for hydroxylation is 1. The molecule has 0 radical (unpaired) electrons. The highest BCUT2D eigenvalue weighted by Gasteiger charge is 1.98. The van der Waals surface area contributed by atoms with Gasteiger partial charge >= 0.3 is 0 Å². The van der Waals surface area contributed by atoms with Crippen LogP contribution >= 0.6 is 11.6 Å². The molecule has 0 fully saturated rings. The van der Waals surface area contributed by atoms with Crippen LogP contribution in [0.1, 0.15) is 11.1 Å². The molecular weight excluding hydrogens is 230 g/mol. The summed E-state index contributed by atoms with van der Waals surface area (Å²) in [5.41, 5.74) is 3.70. The Kier molecular flexibility index (Phi) is 4.05. The quantitative estimate of drug-likeness (QED) is 0.847. The highest BCUT2D eigenvalue weighted by atomic mass is 35.5. The Hall–Kier alpha value is -1.47. The molecule has 88 valence electrons. The zero-order valence-corrected chi connectivity index (χ0v) is 10.7. The van der Waals surface area contributed by atoms with Gasteiger partial charge in [0.2, 0.25) is 0 Å². The molecule has 0 bridgehead atoms. The first kappa shape index (κ1) is 12.0. The van der Waals surface area contributed by atoms with Gasteiger partial charge in [0.15, 0.2) is 0 Å². The summed E-state index contributed by atoms with van der Waals surface area (Å²) in [4.78, 5) is 0. The Balaban J connectivity index is 1.90. The minimum Gasteiger partial charge on any atom is -0.384 e. The molecular formula is C15H16ClN. The lowest BCUT2D eigenvalue weighted by atomic mass is 10.1.